The Bertz CT molecular complexity index is 1240. The number of carbonyl (C=O) groups is 1. The zero-order valence-electron chi connectivity index (χ0n) is 34.0. The van der Waals surface area contributed by atoms with E-state index in [2.05, 4.69) is 139 Å². The molecule has 2 heterocycles. The van der Waals surface area contributed by atoms with Gasteiger partial charge in [-0.15, -0.1) is 0 Å². The molecule has 6 nitrogen and oxygen atoms in total. The van der Waals surface area contributed by atoms with Gasteiger partial charge >= 0.3 is 5.97 Å². The van der Waals surface area contributed by atoms with Gasteiger partial charge in [-0.25, -0.2) is 0 Å². The smallest absolute Gasteiger partial charge is 0.308 e. The molecule has 0 amide bonds. The van der Waals surface area contributed by atoms with Gasteiger partial charge in [-0.1, -0.05) is 98.8 Å². The fourth-order valence-electron chi connectivity index (χ4n) is 6.59. The van der Waals surface area contributed by atoms with Gasteiger partial charge in [0.1, 0.15) is 6.10 Å². The van der Waals surface area contributed by atoms with E-state index in [0.29, 0.717) is 30.1 Å². The number of hydrogen-bond acceptors (Lipinski definition) is 6. The molecule has 2 aliphatic heterocycles. The van der Waals surface area contributed by atoms with Crippen molar-refractivity contribution in [1.82, 2.24) is 0 Å². The van der Waals surface area contributed by atoms with Crippen LogP contribution < -0.4 is 0 Å². The molecule has 1 saturated heterocycles. The van der Waals surface area contributed by atoms with Gasteiger partial charge in [0.15, 0.2) is 16.6 Å². The molecule has 49 heavy (non-hydrogen) atoms. The molecule has 0 unspecified atom stereocenters. The maximum Gasteiger partial charge on any atom is 0.308 e. The Morgan fingerprint density at radius 2 is 1.57 bits per heavy atom. The Kier molecular flexibility index (Phi) is 14.3. The molecule has 0 bridgehead atoms. The lowest BCUT2D eigenvalue weighted by Crippen LogP contribution is -2.59. The number of esters is 1. The second-order valence-electron chi connectivity index (χ2n) is 18.3. The van der Waals surface area contributed by atoms with Crippen LogP contribution in [0, 0.1) is 23.7 Å². The summed E-state index contributed by atoms with van der Waals surface area (Å²) >= 11 is 0. The first-order valence-electron chi connectivity index (χ1n) is 19.0. The standard InChI is InChI=1S/C41H72O6Si2/c1-17-34-28(3)19-22-35(45-34)29(4)24-27(2)18-20-32-30(5)33(32)21-23-36-39(47-49(15,16)41(9,10)11)37(46-48(13,14)40(6,7)8)25-31(44-36)26-38(42)43-12/h18-21,23-24,27,30-37,39H,17,22,25-26H2,1-16H3/b20-18+,23-21+,29-24+/t27-,30-,31+,32-,33-,34-,35-,36+,37+,39+/m1/s1. The number of ether oxygens (including phenoxy) is 3. The van der Waals surface area contributed by atoms with Crippen LogP contribution in [-0.4, -0.2) is 66.3 Å². The fraction of sp³-hybridized carbons (Fsp3) is 0.780. The van der Waals surface area contributed by atoms with Crippen molar-refractivity contribution in [2.75, 3.05) is 7.11 Å². The lowest BCUT2D eigenvalue weighted by molar-refractivity contribution is -0.160. The average Bonchev–Trinajstić information content (AvgIpc) is 3.61. The zero-order chi connectivity index (χ0) is 37.1. The molecule has 0 radical (unpaired) electrons. The Hall–Kier alpha value is -1.30. The van der Waals surface area contributed by atoms with Gasteiger partial charge in [-0.3, -0.25) is 4.79 Å². The summed E-state index contributed by atoms with van der Waals surface area (Å²) in [6.07, 6.45) is 16.2. The van der Waals surface area contributed by atoms with Gasteiger partial charge in [0.05, 0.1) is 44.1 Å². The Morgan fingerprint density at radius 3 is 2.14 bits per heavy atom. The van der Waals surface area contributed by atoms with Gasteiger partial charge in [-0.2, -0.15) is 0 Å². The number of hydrogen-bond donors (Lipinski definition) is 0. The van der Waals surface area contributed by atoms with Crippen LogP contribution in [0.15, 0.2) is 47.6 Å². The molecule has 3 rings (SSSR count). The van der Waals surface area contributed by atoms with Crippen molar-refractivity contribution < 1.29 is 27.9 Å². The third-order valence-corrected chi connectivity index (χ3v) is 21.2. The summed E-state index contributed by atoms with van der Waals surface area (Å²) in [5, 5.41) is 0.0772. The third kappa shape index (κ3) is 11.1. The molecular weight excluding hydrogens is 645 g/mol. The lowest BCUT2D eigenvalue weighted by atomic mass is 9.95. The van der Waals surface area contributed by atoms with E-state index < -0.39 is 16.6 Å². The quantitative estimate of drug-likeness (QED) is 0.107. The molecule has 1 saturated carbocycles. The monoisotopic (exact) mass is 716 g/mol. The Labute approximate surface area is 302 Å². The van der Waals surface area contributed by atoms with Crippen molar-refractivity contribution in [2.24, 2.45) is 23.7 Å². The largest absolute Gasteiger partial charge is 0.469 e. The topological polar surface area (TPSA) is 63.2 Å². The van der Waals surface area contributed by atoms with E-state index in [0.717, 1.165) is 12.8 Å². The van der Waals surface area contributed by atoms with Crippen LogP contribution in [0.2, 0.25) is 36.3 Å². The molecule has 0 N–H and O–H groups in total. The van der Waals surface area contributed by atoms with Crippen LogP contribution in [0.1, 0.15) is 102 Å². The van der Waals surface area contributed by atoms with E-state index in [9.17, 15) is 4.79 Å². The van der Waals surface area contributed by atoms with Crippen LogP contribution in [0.4, 0.5) is 0 Å². The molecule has 8 heteroatoms. The number of carbonyl (C=O) groups excluding carboxylic acids is 1. The van der Waals surface area contributed by atoms with Crippen molar-refractivity contribution in [3.63, 3.8) is 0 Å². The maximum atomic E-state index is 12.5. The minimum absolute atomic E-state index is 0.0342. The van der Waals surface area contributed by atoms with E-state index in [-0.39, 0.29) is 59.1 Å². The van der Waals surface area contributed by atoms with Crippen molar-refractivity contribution in [1.29, 1.82) is 0 Å². The summed E-state index contributed by atoms with van der Waals surface area (Å²) in [5.41, 5.74) is 2.67. The SMILES string of the molecule is CC[C@H]1O[C@@H](/C(C)=C/[C@H](C)/C=C/[C@@H]2[C@@H](C)[C@H]2/C=C/[C@@H]2O[C@H](CC(=O)OC)C[C@H](O[Si](C)(C)C(C)(C)C)[C@H]2O[Si](C)(C)C(C)(C)C)CC=C1C. The Morgan fingerprint density at radius 1 is 0.980 bits per heavy atom. The summed E-state index contributed by atoms with van der Waals surface area (Å²) in [6, 6.07) is 0. The molecular formula is C41H72O6Si2. The molecule has 3 aliphatic rings. The minimum Gasteiger partial charge on any atom is -0.469 e. The van der Waals surface area contributed by atoms with Gasteiger partial charge < -0.3 is 23.1 Å². The molecule has 10 atom stereocenters. The summed E-state index contributed by atoms with van der Waals surface area (Å²) in [6.45, 7) is 34.0. The molecule has 2 fully saturated rings. The second-order valence-corrected chi connectivity index (χ2v) is 27.8. The van der Waals surface area contributed by atoms with E-state index in [1.807, 2.05) is 0 Å². The van der Waals surface area contributed by atoms with Crippen molar-refractivity contribution in [3.8, 4) is 0 Å². The van der Waals surface area contributed by atoms with Crippen LogP contribution in [0.25, 0.3) is 0 Å². The second kappa shape index (κ2) is 16.6. The van der Waals surface area contributed by atoms with E-state index in [4.69, 9.17) is 23.1 Å². The summed E-state index contributed by atoms with van der Waals surface area (Å²) in [5.74, 6) is 1.56. The minimum atomic E-state index is -2.19. The van der Waals surface area contributed by atoms with Crippen molar-refractivity contribution in [2.45, 2.75) is 175 Å². The number of methoxy groups -OCH3 is 1. The predicted octanol–water partition coefficient (Wildman–Crippen LogP) is 10.6. The first-order chi connectivity index (χ1) is 22.5. The third-order valence-electron chi connectivity index (χ3n) is 12.2. The molecule has 0 aromatic rings. The lowest BCUT2D eigenvalue weighted by Gasteiger charge is -2.49. The number of rotatable bonds is 13. The predicted molar refractivity (Wildman–Crippen MR) is 209 cm³/mol. The summed E-state index contributed by atoms with van der Waals surface area (Å²) < 4.78 is 32.6. The highest BCUT2D eigenvalue weighted by Gasteiger charge is 2.50. The average molecular weight is 717 g/mol. The fourth-order valence-corrected chi connectivity index (χ4v) is 9.26. The van der Waals surface area contributed by atoms with Crippen LogP contribution in [-0.2, 0) is 27.9 Å². The molecule has 0 aromatic heterocycles. The molecule has 0 spiro atoms. The van der Waals surface area contributed by atoms with Crippen LogP contribution in [0.5, 0.6) is 0 Å². The first-order valence-corrected chi connectivity index (χ1v) is 24.8. The zero-order valence-corrected chi connectivity index (χ0v) is 36.0. The highest BCUT2D eigenvalue weighted by Crippen LogP contribution is 2.49. The van der Waals surface area contributed by atoms with Crippen LogP contribution in [0.3, 0.4) is 0 Å². The van der Waals surface area contributed by atoms with Gasteiger partial charge in [-0.05, 0) is 97.8 Å². The normalized spacial score (nSPS) is 32.8. The maximum absolute atomic E-state index is 12.5. The van der Waals surface area contributed by atoms with E-state index in [1.165, 1.54) is 18.3 Å². The summed E-state index contributed by atoms with van der Waals surface area (Å²) in [7, 11) is -2.90. The molecule has 1 aliphatic carbocycles. The van der Waals surface area contributed by atoms with Crippen molar-refractivity contribution in [3.05, 3.63) is 47.6 Å². The van der Waals surface area contributed by atoms with E-state index in [1.54, 1.807) is 0 Å². The molecule has 0 aromatic carbocycles. The summed E-state index contributed by atoms with van der Waals surface area (Å²) in [4.78, 5) is 12.5. The molecule has 280 valence electrons. The van der Waals surface area contributed by atoms with Crippen molar-refractivity contribution >= 4 is 22.6 Å². The van der Waals surface area contributed by atoms with Gasteiger partial charge in [0.2, 0.25) is 0 Å². The van der Waals surface area contributed by atoms with Crippen LogP contribution >= 0.6 is 0 Å². The number of allylic oxidation sites excluding steroid dienone is 4. The highest BCUT2D eigenvalue weighted by atomic mass is 28.4. The van der Waals surface area contributed by atoms with E-state index >= 15 is 0 Å². The van der Waals surface area contributed by atoms with Gasteiger partial charge in [0, 0.05) is 6.42 Å². The highest BCUT2D eigenvalue weighted by molar-refractivity contribution is 6.74. The van der Waals surface area contributed by atoms with Gasteiger partial charge in [0.25, 0.3) is 0 Å². The first kappa shape index (κ1) is 42.1. The Balaban J connectivity index is 1.83.